The third kappa shape index (κ3) is 5.18. The number of nitrogens with zero attached hydrogens (tertiary/aromatic N) is 3. The van der Waals surface area contributed by atoms with Gasteiger partial charge in [0.1, 0.15) is 11.4 Å². The lowest BCUT2D eigenvalue weighted by Crippen LogP contribution is -2.42. The van der Waals surface area contributed by atoms with Crippen molar-refractivity contribution in [2.75, 3.05) is 46.0 Å². The Balaban J connectivity index is 1.45. The molecule has 7 heteroatoms. The SMILES string of the molecule is Cc1ccc(-c2n[nH]c3c2C(c2ccc(OCCC(C)C)cc2)N(CCN2CCOCC2)C3=O)cc1. The van der Waals surface area contributed by atoms with Crippen LogP contribution in [0.25, 0.3) is 11.3 Å². The Morgan fingerprint density at radius 2 is 1.78 bits per heavy atom. The number of H-pyrrole nitrogens is 1. The number of amides is 1. The molecule has 3 aromatic rings. The van der Waals surface area contributed by atoms with Gasteiger partial charge in [0.2, 0.25) is 0 Å². The van der Waals surface area contributed by atoms with Gasteiger partial charge < -0.3 is 14.4 Å². The van der Waals surface area contributed by atoms with Crippen molar-refractivity contribution in [3.05, 3.63) is 70.9 Å². The zero-order chi connectivity index (χ0) is 25.1. The highest BCUT2D eigenvalue weighted by atomic mass is 16.5. The van der Waals surface area contributed by atoms with E-state index in [1.165, 1.54) is 5.56 Å². The Bertz CT molecular complexity index is 1160. The van der Waals surface area contributed by atoms with Crippen molar-refractivity contribution in [3.63, 3.8) is 0 Å². The zero-order valence-electron chi connectivity index (χ0n) is 21.5. The van der Waals surface area contributed by atoms with E-state index in [1.807, 2.05) is 17.0 Å². The van der Waals surface area contributed by atoms with E-state index in [-0.39, 0.29) is 11.9 Å². The number of hydrogen-bond donors (Lipinski definition) is 1. The number of carbonyl (C=O) groups excluding carboxylic acids is 1. The number of carbonyl (C=O) groups is 1. The lowest BCUT2D eigenvalue weighted by Gasteiger charge is -2.31. The maximum absolute atomic E-state index is 13.6. The fraction of sp³-hybridized carbons (Fsp3) is 0.448. The van der Waals surface area contributed by atoms with Gasteiger partial charge in [-0.25, -0.2) is 0 Å². The molecule has 1 aromatic heterocycles. The largest absolute Gasteiger partial charge is 0.494 e. The van der Waals surface area contributed by atoms with E-state index in [0.29, 0.717) is 24.8 Å². The molecular formula is C29H36N4O3. The summed E-state index contributed by atoms with van der Waals surface area (Å²) in [5, 5.41) is 7.67. The molecule has 1 unspecified atom stereocenters. The van der Waals surface area contributed by atoms with Gasteiger partial charge in [-0.15, -0.1) is 0 Å². The number of fused-ring (bicyclic) bond motifs is 1. The van der Waals surface area contributed by atoms with E-state index in [2.05, 4.69) is 72.3 Å². The van der Waals surface area contributed by atoms with Gasteiger partial charge in [-0.2, -0.15) is 5.10 Å². The van der Waals surface area contributed by atoms with E-state index in [1.54, 1.807) is 0 Å². The van der Waals surface area contributed by atoms with E-state index in [9.17, 15) is 4.79 Å². The van der Waals surface area contributed by atoms with E-state index in [0.717, 1.165) is 67.4 Å². The molecule has 1 fully saturated rings. The number of hydrogen-bond acceptors (Lipinski definition) is 5. The van der Waals surface area contributed by atoms with Crippen molar-refractivity contribution in [2.45, 2.75) is 33.2 Å². The number of aromatic nitrogens is 2. The minimum atomic E-state index is -0.201. The molecule has 0 aliphatic carbocycles. The lowest BCUT2D eigenvalue weighted by atomic mass is 9.95. The van der Waals surface area contributed by atoms with Crippen LogP contribution in [0.1, 0.15) is 53.5 Å². The summed E-state index contributed by atoms with van der Waals surface area (Å²) in [5.74, 6) is 1.47. The third-order valence-corrected chi connectivity index (χ3v) is 7.11. The van der Waals surface area contributed by atoms with Crippen LogP contribution in [0.15, 0.2) is 48.5 Å². The molecule has 2 aliphatic heterocycles. The number of benzene rings is 2. The Kier molecular flexibility index (Phi) is 7.39. The van der Waals surface area contributed by atoms with Gasteiger partial charge in [0.05, 0.1) is 31.6 Å². The lowest BCUT2D eigenvalue weighted by molar-refractivity contribution is 0.0316. The highest BCUT2D eigenvalue weighted by molar-refractivity contribution is 6.00. The van der Waals surface area contributed by atoms with Crippen LogP contribution >= 0.6 is 0 Å². The van der Waals surface area contributed by atoms with Crippen LogP contribution < -0.4 is 4.74 Å². The predicted molar refractivity (Wildman–Crippen MR) is 140 cm³/mol. The first-order valence-corrected chi connectivity index (χ1v) is 13.0. The number of morpholine rings is 1. The van der Waals surface area contributed by atoms with Crippen molar-refractivity contribution < 1.29 is 14.3 Å². The fourth-order valence-corrected chi connectivity index (χ4v) is 4.94. The summed E-state index contributed by atoms with van der Waals surface area (Å²) in [6.45, 7) is 11.9. The Hall–Kier alpha value is -3.16. The van der Waals surface area contributed by atoms with Crippen molar-refractivity contribution in [1.29, 1.82) is 0 Å². The molecule has 7 nitrogen and oxygen atoms in total. The molecule has 190 valence electrons. The number of ether oxygens (including phenoxy) is 2. The quantitative estimate of drug-likeness (QED) is 0.473. The average Bonchev–Trinajstić information content (AvgIpc) is 3.43. The smallest absolute Gasteiger partial charge is 0.273 e. The molecule has 0 radical (unpaired) electrons. The van der Waals surface area contributed by atoms with E-state index >= 15 is 0 Å². The molecule has 5 rings (SSSR count). The van der Waals surface area contributed by atoms with E-state index in [4.69, 9.17) is 9.47 Å². The first-order chi connectivity index (χ1) is 17.5. The zero-order valence-corrected chi connectivity index (χ0v) is 21.5. The minimum absolute atomic E-state index is 0.00591. The first kappa shape index (κ1) is 24.5. The standard InChI is InChI=1S/C29H36N4O3/c1-20(2)12-17-36-24-10-8-23(9-11-24)28-25-26(22-6-4-21(3)5-7-22)30-31-27(25)29(34)33(28)14-13-32-15-18-35-19-16-32/h4-11,20,28H,12-19H2,1-3H3,(H,30,31). The van der Waals surface area contributed by atoms with Gasteiger partial charge in [-0.1, -0.05) is 55.8 Å². The Morgan fingerprint density at radius 3 is 2.47 bits per heavy atom. The summed E-state index contributed by atoms with van der Waals surface area (Å²) < 4.78 is 11.4. The van der Waals surface area contributed by atoms with Crippen molar-refractivity contribution in [3.8, 4) is 17.0 Å². The summed E-state index contributed by atoms with van der Waals surface area (Å²) >= 11 is 0. The van der Waals surface area contributed by atoms with Gasteiger partial charge in [0, 0.05) is 37.3 Å². The molecule has 36 heavy (non-hydrogen) atoms. The van der Waals surface area contributed by atoms with E-state index < -0.39 is 0 Å². The summed E-state index contributed by atoms with van der Waals surface area (Å²) in [4.78, 5) is 18.0. The Labute approximate surface area is 213 Å². The first-order valence-electron chi connectivity index (χ1n) is 13.0. The summed E-state index contributed by atoms with van der Waals surface area (Å²) in [5.41, 5.74) is 5.66. The predicted octanol–water partition coefficient (Wildman–Crippen LogP) is 4.69. The molecule has 2 aromatic carbocycles. The van der Waals surface area contributed by atoms with Crippen LogP contribution in [-0.4, -0.2) is 71.9 Å². The second kappa shape index (κ2) is 10.8. The summed E-state index contributed by atoms with van der Waals surface area (Å²) in [7, 11) is 0. The maximum atomic E-state index is 13.6. The molecule has 2 aliphatic rings. The monoisotopic (exact) mass is 488 g/mol. The molecule has 1 N–H and O–H groups in total. The van der Waals surface area contributed by atoms with Crippen LogP contribution in [0.4, 0.5) is 0 Å². The molecule has 0 saturated carbocycles. The third-order valence-electron chi connectivity index (χ3n) is 7.11. The van der Waals surface area contributed by atoms with Crippen LogP contribution in [-0.2, 0) is 4.74 Å². The van der Waals surface area contributed by atoms with Crippen LogP contribution in [0.5, 0.6) is 5.75 Å². The highest BCUT2D eigenvalue weighted by Crippen LogP contribution is 2.43. The van der Waals surface area contributed by atoms with Crippen molar-refractivity contribution >= 4 is 5.91 Å². The molecule has 1 amide bonds. The number of aromatic amines is 1. The number of aryl methyl sites for hydroxylation is 1. The maximum Gasteiger partial charge on any atom is 0.273 e. The minimum Gasteiger partial charge on any atom is -0.494 e. The van der Waals surface area contributed by atoms with Crippen LogP contribution in [0.3, 0.4) is 0 Å². The van der Waals surface area contributed by atoms with Crippen molar-refractivity contribution in [2.24, 2.45) is 5.92 Å². The molecule has 1 saturated heterocycles. The number of nitrogens with one attached hydrogen (secondary N) is 1. The normalized spacial score (nSPS) is 18.2. The van der Waals surface area contributed by atoms with Gasteiger partial charge in [-0.3, -0.25) is 14.8 Å². The summed E-state index contributed by atoms with van der Waals surface area (Å²) in [6.07, 6.45) is 1.02. The second-order valence-corrected chi connectivity index (χ2v) is 10.2. The molecular weight excluding hydrogens is 452 g/mol. The average molecular weight is 489 g/mol. The molecule has 0 bridgehead atoms. The summed E-state index contributed by atoms with van der Waals surface area (Å²) in [6, 6.07) is 16.3. The second-order valence-electron chi connectivity index (χ2n) is 10.2. The van der Waals surface area contributed by atoms with Crippen LogP contribution in [0.2, 0.25) is 0 Å². The topological polar surface area (TPSA) is 70.7 Å². The highest BCUT2D eigenvalue weighted by Gasteiger charge is 2.42. The van der Waals surface area contributed by atoms with Gasteiger partial charge >= 0.3 is 0 Å². The van der Waals surface area contributed by atoms with Crippen LogP contribution in [0, 0.1) is 12.8 Å². The molecule has 1 atom stereocenters. The fourth-order valence-electron chi connectivity index (χ4n) is 4.94. The van der Waals surface area contributed by atoms with Gasteiger partial charge in [0.15, 0.2) is 0 Å². The van der Waals surface area contributed by atoms with Gasteiger partial charge in [0.25, 0.3) is 5.91 Å². The Morgan fingerprint density at radius 1 is 1.06 bits per heavy atom. The molecule has 0 spiro atoms. The number of rotatable bonds is 9. The van der Waals surface area contributed by atoms with Crippen molar-refractivity contribution in [1.82, 2.24) is 20.0 Å². The molecule has 3 heterocycles. The van der Waals surface area contributed by atoms with Gasteiger partial charge in [-0.05, 0) is 37.0 Å².